The number of thioether (sulfide) groups is 1. The highest BCUT2D eigenvalue weighted by molar-refractivity contribution is 8.00. The van der Waals surface area contributed by atoms with E-state index in [-0.39, 0.29) is 11.9 Å². The molecule has 0 saturated carbocycles. The van der Waals surface area contributed by atoms with Gasteiger partial charge in [-0.15, -0.1) is 11.3 Å². The van der Waals surface area contributed by atoms with Crippen molar-refractivity contribution in [1.29, 1.82) is 0 Å². The largest absolute Gasteiger partial charge is 0.468 e. The molecule has 4 aromatic rings. The van der Waals surface area contributed by atoms with Crippen LogP contribution in [0.1, 0.15) is 33.6 Å². The summed E-state index contributed by atoms with van der Waals surface area (Å²) in [4.78, 5) is 19.6. The predicted octanol–water partition coefficient (Wildman–Crippen LogP) is 5.12. The number of para-hydroxylation sites is 1. The molecule has 3 aromatic heterocycles. The first-order chi connectivity index (χ1) is 14.5. The summed E-state index contributed by atoms with van der Waals surface area (Å²) in [5, 5.41) is 6.00. The summed E-state index contributed by atoms with van der Waals surface area (Å²) in [5.74, 6) is 1.55. The first-order valence-corrected chi connectivity index (χ1v) is 11.4. The summed E-state index contributed by atoms with van der Waals surface area (Å²) in [6.45, 7) is 2.39. The number of nitrogens with zero attached hydrogens (tertiary/aromatic N) is 2. The number of carbonyl (C=O) groups is 1. The average Bonchev–Trinajstić information content (AvgIpc) is 3.46. The van der Waals surface area contributed by atoms with E-state index in [0.29, 0.717) is 23.6 Å². The number of thiazole rings is 1. The van der Waals surface area contributed by atoms with Gasteiger partial charge in [-0.3, -0.25) is 9.69 Å². The average molecular weight is 442 g/mol. The molecule has 1 amide bonds. The zero-order chi connectivity index (χ0) is 21.1. The van der Waals surface area contributed by atoms with E-state index < -0.39 is 0 Å². The molecular weight excluding hydrogens is 418 g/mol. The molecule has 6 nitrogen and oxygen atoms in total. The van der Waals surface area contributed by atoms with Crippen LogP contribution < -0.4 is 5.32 Å². The number of amides is 1. The summed E-state index contributed by atoms with van der Waals surface area (Å²) in [6, 6.07) is 11.4. The van der Waals surface area contributed by atoms with E-state index in [4.69, 9.17) is 8.83 Å². The van der Waals surface area contributed by atoms with Gasteiger partial charge in [-0.05, 0) is 39.2 Å². The fraction of sp³-hybridized carbons (Fsp3) is 0.273. The second kappa shape index (κ2) is 9.07. The lowest BCUT2D eigenvalue weighted by molar-refractivity contribution is 0.0912. The van der Waals surface area contributed by atoms with Gasteiger partial charge in [-0.1, -0.05) is 30.0 Å². The Morgan fingerprint density at radius 3 is 2.80 bits per heavy atom. The maximum Gasteiger partial charge on any atom is 0.287 e. The zero-order valence-electron chi connectivity index (χ0n) is 17.0. The maximum atomic E-state index is 13.1. The van der Waals surface area contributed by atoms with Crippen LogP contribution in [-0.4, -0.2) is 36.4 Å². The second-order valence-electron chi connectivity index (χ2n) is 7.15. The lowest BCUT2D eigenvalue weighted by Gasteiger charge is -2.22. The first kappa shape index (κ1) is 20.7. The molecule has 0 aliphatic rings. The van der Waals surface area contributed by atoms with Gasteiger partial charge in [0, 0.05) is 34.3 Å². The number of carbonyl (C=O) groups excluding carboxylic acids is 1. The zero-order valence-corrected chi connectivity index (χ0v) is 18.7. The van der Waals surface area contributed by atoms with Crippen LogP contribution in [-0.2, 0) is 5.75 Å². The molecule has 0 aliphatic heterocycles. The van der Waals surface area contributed by atoms with Crippen LogP contribution in [0.5, 0.6) is 0 Å². The monoisotopic (exact) mass is 441 g/mol. The Kier molecular flexibility index (Phi) is 6.26. The van der Waals surface area contributed by atoms with Crippen molar-refractivity contribution in [2.45, 2.75) is 23.1 Å². The second-order valence-corrected chi connectivity index (χ2v) is 9.23. The molecule has 0 saturated heterocycles. The van der Waals surface area contributed by atoms with Gasteiger partial charge in [0.1, 0.15) is 15.7 Å². The molecular formula is C22H23N3O3S2. The third-order valence-electron chi connectivity index (χ3n) is 4.79. The molecule has 4 rings (SSSR count). The van der Waals surface area contributed by atoms with Gasteiger partial charge >= 0.3 is 0 Å². The summed E-state index contributed by atoms with van der Waals surface area (Å²) >= 11 is 3.23. The van der Waals surface area contributed by atoms with E-state index in [1.54, 1.807) is 29.4 Å². The molecule has 0 aliphatic carbocycles. The van der Waals surface area contributed by atoms with Crippen molar-refractivity contribution in [1.82, 2.24) is 15.2 Å². The fourth-order valence-electron chi connectivity index (χ4n) is 3.25. The highest BCUT2D eigenvalue weighted by Crippen LogP contribution is 2.33. The van der Waals surface area contributed by atoms with Gasteiger partial charge in [0.05, 0.1) is 12.3 Å². The van der Waals surface area contributed by atoms with Gasteiger partial charge in [0.2, 0.25) is 0 Å². The molecule has 30 heavy (non-hydrogen) atoms. The third kappa shape index (κ3) is 4.45. The number of benzene rings is 1. The van der Waals surface area contributed by atoms with Crippen molar-refractivity contribution in [3.05, 3.63) is 70.8 Å². The van der Waals surface area contributed by atoms with Crippen LogP contribution in [0.4, 0.5) is 0 Å². The van der Waals surface area contributed by atoms with E-state index >= 15 is 0 Å². The van der Waals surface area contributed by atoms with Gasteiger partial charge < -0.3 is 14.2 Å². The van der Waals surface area contributed by atoms with E-state index in [2.05, 4.69) is 10.3 Å². The molecule has 1 unspecified atom stereocenters. The molecule has 156 valence electrons. The van der Waals surface area contributed by atoms with E-state index in [1.165, 1.54) is 0 Å². The van der Waals surface area contributed by atoms with Crippen molar-refractivity contribution in [3.8, 4) is 0 Å². The van der Waals surface area contributed by atoms with Crippen LogP contribution in [0.15, 0.2) is 61.2 Å². The lowest BCUT2D eigenvalue weighted by atomic mass is 10.1. The topological polar surface area (TPSA) is 71.5 Å². The molecule has 0 spiro atoms. The Balaban J connectivity index is 1.55. The summed E-state index contributed by atoms with van der Waals surface area (Å²) in [6.07, 6.45) is 1.64. The van der Waals surface area contributed by atoms with E-state index in [0.717, 1.165) is 26.7 Å². The molecule has 0 bridgehead atoms. The Morgan fingerprint density at radius 1 is 1.27 bits per heavy atom. The smallest absolute Gasteiger partial charge is 0.287 e. The number of nitrogens with one attached hydrogen (secondary N) is 1. The maximum absolute atomic E-state index is 13.1. The van der Waals surface area contributed by atoms with Gasteiger partial charge in [0.25, 0.3) is 5.91 Å². The number of hydrogen-bond donors (Lipinski definition) is 1. The van der Waals surface area contributed by atoms with Crippen LogP contribution >= 0.6 is 23.1 Å². The third-order valence-corrected chi connectivity index (χ3v) is 6.96. The van der Waals surface area contributed by atoms with E-state index in [9.17, 15) is 4.79 Å². The number of likely N-dealkylation sites (N-methyl/N-ethyl adjacent to an activating group) is 1. The van der Waals surface area contributed by atoms with Gasteiger partial charge in [-0.25, -0.2) is 4.98 Å². The van der Waals surface area contributed by atoms with Crippen LogP contribution in [0.3, 0.4) is 0 Å². The predicted molar refractivity (Wildman–Crippen MR) is 120 cm³/mol. The van der Waals surface area contributed by atoms with Crippen LogP contribution in [0.2, 0.25) is 0 Å². The first-order valence-electron chi connectivity index (χ1n) is 9.56. The van der Waals surface area contributed by atoms with Gasteiger partial charge in [-0.2, -0.15) is 0 Å². The number of furan rings is 2. The standard InChI is InChI=1S/C22H23N3O3S2/c1-14-12-29-22(24-14)30-13-16-15-7-4-5-8-18(15)28-20(16)21(26)23-11-17(25(2)3)19-9-6-10-27-19/h4-10,12,17H,11,13H2,1-3H3,(H,23,26). The molecule has 1 N–H and O–H groups in total. The van der Waals surface area contributed by atoms with Crippen molar-refractivity contribution in [2.24, 2.45) is 0 Å². The number of rotatable bonds is 8. The summed E-state index contributed by atoms with van der Waals surface area (Å²) in [5.41, 5.74) is 2.61. The lowest BCUT2D eigenvalue weighted by Crippen LogP contribution is -2.34. The quantitative estimate of drug-likeness (QED) is 0.383. The number of hydrogen-bond acceptors (Lipinski definition) is 7. The van der Waals surface area contributed by atoms with Crippen molar-refractivity contribution in [3.63, 3.8) is 0 Å². The van der Waals surface area contributed by atoms with Crippen molar-refractivity contribution in [2.75, 3.05) is 20.6 Å². The van der Waals surface area contributed by atoms with Crippen molar-refractivity contribution >= 4 is 40.0 Å². The SMILES string of the molecule is Cc1csc(SCc2c(C(=O)NCC(c3ccco3)N(C)C)oc3ccccc23)n1. The highest BCUT2D eigenvalue weighted by Gasteiger charge is 2.23. The molecule has 3 heterocycles. The number of aromatic nitrogens is 1. The van der Waals surface area contributed by atoms with Crippen LogP contribution in [0, 0.1) is 6.92 Å². The molecule has 0 fully saturated rings. The minimum absolute atomic E-state index is 0.0653. The Hall–Kier alpha value is -2.55. The van der Waals surface area contributed by atoms with E-state index in [1.807, 2.05) is 67.7 Å². The van der Waals surface area contributed by atoms with Crippen molar-refractivity contribution < 1.29 is 13.6 Å². The Labute approximate surface area is 183 Å². The fourth-order valence-corrected chi connectivity index (χ4v) is 5.12. The molecule has 8 heteroatoms. The molecule has 1 atom stereocenters. The molecule has 0 radical (unpaired) electrons. The summed E-state index contributed by atoms with van der Waals surface area (Å²) < 4.78 is 12.5. The minimum Gasteiger partial charge on any atom is -0.468 e. The Morgan fingerprint density at radius 2 is 2.10 bits per heavy atom. The highest BCUT2D eigenvalue weighted by atomic mass is 32.2. The normalized spacial score (nSPS) is 12.5. The minimum atomic E-state index is -0.226. The molecule has 1 aromatic carbocycles. The Bertz CT molecular complexity index is 1130. The van der Waals surface area contributed by atoms with Crippen LogP contribution in [0.25, 0.3) is 11.0 Å². The number of aryl methyl sites for hydroxylation is 1. The summed E-state index contributed by atoms with van der Waals surface area (Å²) in [7, 11) is 3.91. The van der Waals surface area contributed by atoms with Gasteiger partial charge in [0.15, 0.2) is 5.76 Å². The number of fused-ring (bicyclic) bond motifs is 1.